The molecule has 35 heavy (non-hydrogen) atoms. The van der Waals surface area contributed by atoms with E-state index in [0.717, 1.165) is 27.1 Å². The quantitative estimate of drug-likeness (QED) is 0.264. The first-order valence-corrected chi connectivity index (χ1v) is 15.7. The average Bonchev–Trinajstić information content (AvgIpc) is 3.40. The summed E-state index contributed by atoms with van der Waals surface area (Å²) in [5.74, 6) is 0. The van der Waals surface area contributed by atoms with E-state index in [0.29, 0.717) is 0 Å². The van der Waals surface area contributed by atoms with Crippen LogP contribution in [0.2, 0.25) is 0 Å². The highest BCUT2D eigenvalue weighted by Crippen LogP contribution is 2.67. The molecule has 0 radical (unpaired) electrons. The van der Waals surface area contributed by atoms with Crippen molar-refractivity contribution in [1.29, 1.82) is 0 Å². The van der Waals surface area contributed by atoms with Gasteiger partial charge in [-0.1, -0.05) is 140 Å². The van der Waals surface area contributed by atoms with E-state index in [1.54, 1.807) is 0 Å². The summed E-state index contributed by atoms with van der Waals surface area (Å²) >= 11 is 0. The standard InChI is InChI=1S/C32H23OPSi/c33-34(24-14-4-1-5-15-24)29-22-12-10-20-27(29)32-31(34)28-21-11-13-23-30(28)35(32,25-16-6-2-7-17-25)26-18-8-3-9-19-26/h1-23H. The Bertz CT molecular complexity index is 1620. The molecule has 1 atom stereocenters. The summed E-state index contributed by atoms with van der Waals surface area (Å²) in [4.78, 5) is 0. The Kier molecular flexibility index (Phi) is 4.51. The van der Waals surface area contributed by atoms with Crippen LogP contribution in [0, 0.1) is 0 Å². The van der Waals surface area contributed by atoms with Crippen molar-refractivity contribution >= 4 is 51.9 Å². The highest BCUT2D eigenvalue weighted by Gasteiger charge is 2.58. The molecule has 0 amide bonds. The Balaban J connectivity index is 1.71. The predicted molar refractivity (Wildman–Crippen MR) is 151 cm³/mol. The third kappa shape index (κ3) is 2.61. The Morgan fingerprint density at radius 3 is 1.60 bits per heavy atom. The first-order chi connectivity index (χ1) is 17.3. The molecule has 0 saturated heterocycles. The lowest BCUT2D eigenvalue weighted by Crippen LogP contribution is -2.67. The van der Waals surface area contributed by atoms with Crippen LogP contribution in [0.15, 0.2) is 140 Å². The second-order valence-corrected chi connectivity index (χ2v) is 15.6. The maximum atomic E-state index is 15.5. The van der Waals surface area contributed by atoms with E-state index in [4.69, 9.17) is 0 Å². The minimum Gasteiger partial charge on any atom is -0.309 e. The summed E-state index contributed by atoms with van der Waals surface area (Å²) in [6.45, 7) is 0. The minimum atomic E-state index is -3.05. The van der Waals surface area contributed by atoms with Crippen molar-refractivity contribution in [1.82, 2.24) is 0 Å². The monoisotopic (exact) mass is 482 g/mol. The smallest absolute Gasteiger partial charge is 0.181 e. The van der Waals surface area contributed by atoms with Gasteiger partial charge in [0, 0.05) is 15.9 Å². The molecule has 5 aromatic carbocycles. The van der Waals surface area contributed by atoms with Gasteiger partial charge in [0.2, 0.25) is 0 Å². The third-order valence-electron chi connectivity index (χ3n) is 7.56. The van der Waals surface area contributed by atoms with E-state index >= 15 is 4.57 Å². The zero-order chi connectivity index (χ0) is 23.5. The zero-order valence-corrected chi connectivity index (χ0v) is 21.0. The second kappa shape index (κ2) is 7.65. The molecule has 1 unspecified atom stereocenters. The van der Waals surface area contributed by atoms with Crippen LogP contribution in [-0.4, -0.2) is 8.07 Å². The van der Waals surface area contributed by atoms with Gasteiger partial charge in [0.1, 0.15) is 0 Å². The number of fused-ring (bicyclic) bond motifs is 4. The molecule has 5 aromatic rings. The first-order valence-electron chi connectivity index (χ1n) is 12.0. The Hall–Kier alpha value is -3.71. The van der Waals surface area contributed by atoms with Crippen molar-refractivity contribution in [2.24, 2.45) is 0 Å². The van der Waals surface area contributed by atoms with Crippen molar-refractivity contribution < 1.29 is 4.57 Å². The third-order valence-corrected chi connectivity index (χ3v) is 15.9. The van der Waals surface area contributed by atoms with Crippen LogP contribution >= 0.6 is 7.14 Å². The van der Waals surface area contributed by atoms with Gasteiger partial charge in [-0.2, -0.15) is 0 Å². The normalized spacial score (nSPS) is 19.2. The van der Waals surface area contributed by atoms with Crippen LogP contribution in [0.1, 0.15) is 11.1 Å². The summed E-state index contributed by atoms with van der Waals surface area (Å²) in [6, 6.07) is 49.1. The molecule has 7 rings (SSSR count). The largest absolute Gasteiger partial charge is 0.309 e. The molecule has 0 N–H and O–H groups in total. The molecular weight excluding hydrogens is 459 g/mol. The van der Waals surface area contributed by atoms with Gasteiger partial charge >= 0.3 is 0 Å². The molecule has 0 aliphatic carbocycles. The Morgan fingerprint density at radius 2 is 0.971 bits per heavy atom. The minimum absolute atomic E-state index is 0.915. The van der Waals surface area contributed by atoms with Crippen LogP contribution in [-0.2, 0) is 4.57 Å². The average molecular weight is 483 g/mol. The van der Waals surface area contributed by atoms with E-state index < -0.39 is 15.2 Å². The van der Waals surface area contributed by atoms with E-state index in [-0.39, 0.29) is 0 Å². The fourth-order valence-corrected chi connectivity index (χ4v) is 15.9. The van der Waals surface area contributed by atoms with Gasteiger partial charge in [-0.15, -0.1) is 0 Å². The van der Waals surface area contributed by atoms with E-state index in [1.807, 2.05) is 36.4 Å². The van der Waals surface area contributed by atoms with Crippen LogP contribution in [0.3, 0.4) is 0 Å². The van der Waals surface area contributed by atoms with Crippen molar-refractivity contribution in [2.75, 3.05) is 0 Å². The Morgan fingerprint density at radius 1 is 0.486 bits per heavy atom. The molecule has 0 fully saturated rings. The lowest BCUT2D eigenvalue weighted by molar-refractivity contribution is 0.593. The highest BCUT2D eigenvalue weighted by atomic mass is 31.2. The molecule has 0 aromatic heterocycles. The van der Waals surface area contributed by atoms with E-state index in [9.17, 15) is 0 Å². The van der Waals surface area contributed by atoms with Crippen molar-refractivity contribution in [3.05, 3.63) is 151 Å². The molecule has 0 bridgehead atoms. The number of hydrogen-bond donors (Lipinski definition) is 0. The van der Waals surface area contributed by atoms with Gasteiger partial charge in [0.25, 0.3) is 0 Å². The number of rotatable bonds is 3. The van der Waals surface area contributed by atoms with Gasteiger partial charge in [0.15, 0.2) is 15.2 Å². The van der Waals surface area contributed by atoms with Crippen LogP contribution < -0.4 is 26.2 Å². The molecule has 3 heteroatoms. The molecule has 166 valence electrons. The maximum absolute atomic E-state index is 15.5. The Labute approximate surface area is 206 Å². The molecule has 2 aliphatic rings. The molecule has 0 spiro atoms. The highest BCUT2D eigenvalue weighted by molar-refractivity contribution is 7.89. The second-order valence-electron chi connectivity index (χ2n) is 9.21. The van der Waals surface area contributed by atoms with Gasteiger partial charge in [-0.3, -0.25) is 0 Å². The van der Waals surface area contributed by atoms with Gasteiger partial charge in [-0.25, -0.2) is 0 Å². The van der Waals surface area contributed by atoms with E-state index in [2.05, 4.69) is 103 Å². The van der Waals surface area contributed by atoms with Crippen LogP contribution in [0.4, 0.5) is 0 Å². The molecule has 0 saturated carbocycles. The summed E-state index contributed by atoms with van der Waals surface area (Å²) in [5, 5.41) is 8.26. The lowest BCUT2D eigenvalue weighted by Gasteiger charge is -2.33. The first kappa shape index (κ1) is 20.6. The fraction of sp³-hybridized carbons (Fsp3) is 0. The zero-order valence-electron chi connectivity index (χ0n) is 19.1. The van der Waals surface area contributed by atoms with Crippen LogP contribution in [0.25, 0.3) is 10.5 Å². The summed E-state index contributed by atoms with van der Waals surface area (Å²) in [7, 11) is -5.76. The number of benzene rings is 5. The number of hydrogen-bond acceptors (Lipinski definition) is 1. The summed E-state index contributed by atoms with van der Waals surface area (Å²) in [5.41, 5.74) is 2.32. The van der Waals surface area contributed by atoms with Gasteiger partial charge in [-0.05, 0) is 31.9 Å². The van der Waals surface area contributed by atoms with Gasteiger partial charge < -0.3 is 4.57 Å². The molecule has 2 aliphatic heterocycles. The summed E-state index contributed by atoms with van der Waals surface area (Å²) in [6.07, 6.45) is 0. The maximum Gasteiger partial charge on any atom is 0.181 e. The van der Waals surface area contributed by atoms with E-state index in [1.165, 1.54) is 20.8 Å². The molecule has 2 heterocycles. The lowest BCUT2D eigenvalue weighted by atomic mass is 10.1. The topological polar surface area (TPSA) is 17.1 Å². The van der Waals surface area contributed by atoms with Crippen molar-refractivity contribution in [3.63, 3.8) is 0 Å². The van der Waals surface area contributed by atoms with Gasteiger partial charge in [0.05, 0.1) is 0 Å². The predicted octanol–water partition coefficient (Wildman–Crippen LogP) is 4.91. The summed E-state index contributed by atoms with van der Waals surface area (Å²) < 4.78 is 15.5. The van der Waals surface area contributed by atoms with Crippen molar-refractivity contribution in [3.8, 4) is 0 Å². The molecule has 1 nitrogen and oxygen atoms in total. The van der Waals surface area contributed by atoms with Crippen LogP contribution in [0.5, 0.6) is 0 Å². The SMILES string of the molecule is O=P1(c2ccccc2)C2=C(c3ccccc31)[Si](c1ccccc1)(c1ccccc1)c1ccccc12. The van der Waals surface area contributed by atoms with Crippen molar-refractivity contribution in [2.45, 2.75) is 0 Å². The fourth-order valence-electron chi connectivity index (χ4n) is 6.25. The molecular formula is C32H23OPSi.